The molecule has 3 rings (SSSR count). The van der Waals surface area contributed by atoms with Gasteiger partial charge in [0.1, 0.15) is 11.6 Å². The molecule has 2 heterocycles. The van der Waals surface area contributed by atoms with Crippen molar-refractivity contribution >= 4 is 18.0 Å². The number of carbonyl (C=O) groups is 2. The number of rotatable bonds is 8. The Labute approximate surface area is 228 Å². The number of nitriles is 1. The van der Waals surface area contributed by atoms with E-state index in [0.717, 1.165) is 51.7 Å². The Hall–Kier alpha value is -2.38. The van der Waals surface area contributed by atoms with E-state index in [9.17, 15) is 14.9 Å². The number of nitrogens with zero attached hydrogens (tertiary/aromatic N) is 4. The molecule has 0 spiro atoms. The summed E-state index contributed by atoms with van der Waals surface area (Å²) in [7, 11) is 0. The van der Waals surface area contributed by atoms with E-state index in [0.29, 0.717) is 57.4 Å². The monoisotopic (exact) mass is 532 g/mol. The van der Waals surface area contributed by atoms with Crippen LogP contribution in [0.25, 0.3) is 0 Å². The van der Waals surface area contributed by atoms with Crippen LogP contribution in [-0.4, -0.2) is 91.9 Å². The fraction of sp³-hybridized carbons (Fsp3) is 0.857. The molecule has 1 saturated carbocycles. The van der Waals surface area contributed by atoms with Crippen molar-refractivity contribution in [1.29, 1.82) is 5.26 Å². The Kier molecular flexibility index (Phi) is 12.6. The first kappa shape index (κ1) is 30.2. The molecule has 0 aromatic rings. The lowest BCUT2D eigenvalue weighted by Crippen LogP contribution is -2.57. The average molecular weight is 533 g/mol. The summed E-state index contributed by atoms with van der Waals surface area (Å²) in [5, 5.41) is 16.0. The molecule has 0 bridgehead atoms. The van der Waals surface area contributed by atoms with E-state index in [1.165, 1.54) is 19.3 Å². The number of hydrogen-bond donors (Lipinski definition) is 2. The molecule has 3 aliphatic rings. The van der Waals surface area contributed by atoms with Crippen molar-refractivity contribution in [2.75, 3.05) is 52.5 Å². The predicted molar refractivity (Wildman–Crippen MR) is 147 cm³/mol. The quantitative estimate of drug-likeness (QED) is 0.363. The van der Waals surface area contributed by atoms with Gasteiger partial charge >= 0.3 is 6.09 Å². The number of alkyl carbamates (subject to hydrolysis) is 1. The second-order valence-electron chi connectivity index (χ2n) is 10.9. The van der Waals surface area contributed by atoms with Gasteiger partial charge in [0, 0.05) is 26.2 Å². The summed E-state index contributed by atoms with van der Waals surface area (Å²) in [5.41, 5.74) is -0.885. The summed E-state index contributed by atoms with van der Waals surface area (Å²) in [6.07, 6.45) is 10.5. The zero-order chi connectivity index (χ0) is 27.2. The highest BCUT2D eigenvalue weighted by Gasteiger charge is 2.38. The normalized spacial score (nSPS) is 22.4. The molecule has 2 aliphatic heterocycles. The van der Waals surface area contributed by atoms with Crippen LogP contribution in [0.2, 0.25) is 0 Å². The van der Waals surface area contributed by atoms with Gasteiger partial charge in [-0.15, -0.1) is 0 Å². The zero-order valence-corrected chi connectivity index (χ0v) is 23.5. The van der Waals surface area contributed by atoms with Gasteiger partial charge in [0.05, 0.1) is 25.9 Å². The van der Waals surface area contributed by atoms with E-state index >= 15 is 0 Å². The van der Waals surface area contributed by atoms with Crippen LogP contribution in [0.3, 0.4) is 0 Å². The minimum atomic E-state index is -0.885. The van der Waals surface area contributed by atoms with Gasteiger partial charge in [0.25, 0.3) is 0 Å². The van der Waals surface area contributed by atoms with Crippen molar-refractivity contribution in [3.05, 3.63) is 0 Å². The van der Waals surface area contributed by atoms with E-state index < -0.39 is 17.7 Å². The molecule has 1 aliphatic carbocycles. The van der Waals surface area contributed by atoms with Crippen molar-refractivity contribution in [1.82, 2.24) is 20.4 Å². The molecule has 3 fully saturated rings. The Bertz CT molecular complexity index is 807. The SMILES string of the molecule is CCCN1CCC(C#N)(NC(=O)C(CC2CCCCCCC2)/N=C(/NC(=O)OCC)N2CCOCC2)CC1. The topological polar surface area (TPSA) is 119 Å². The highest BCUT2D eigenvalue weighted by Crippen LogP contribution is 2.28. The van der Waals surface area contributed by atoms with E-state index in [-0.39, 0.29) is 12.5 Å². The van der Waals surface area contributed by atoms with Crippen LogP contribution in [0.4, 0.5) is 4.79 Å². The van der Waals surface area contributed by atoms with Crippen LogP contribution in [0.5, 0.6) is 0 Å². The first-order valence-corrected chi connectivity index (χ1v) is 14.8. The minimum absolute atomic E-state index is 0.228. The van der Waals surface area contributed by atoms with Gasteiger partial charge in [-0.1, -0.05) is 51.9 Å². The summed E-state index contributed by atoms with van der Waals surface area (Å²) >= 11 is 0. The Morgan fingerprint density at radius 3 is 2.34 bits per heavy atom. The van der Waals surface area contributed by atoms with Crippen LogP contribution >= 0.6 is 0 Å². The van der Waals surface area contributed by atoms with Gasteiger partial charge in [-0.3, -0.25) is 10.1 Å². The molecule has 1 atom stereocenters. The molecule has 10 heteroatoms. The van der Waals surface area contributed by atoms with Crippen LogP contribution < -0.4 is 10.6 Å². The van der Waals surface area contributed by atoms with Crippen molar-refractivity contribution in [3.8, 4) is 6.07 Å². The molecule has 38 heavy (non-hydrogen) atoms. The highest BCUT2D eigenvalue weighted by atomic mass is 16.5. The van der Waals surface area contributed by atoms with Gasteiger partial charge in [-0.25, -0.2) is 9.79 Å². The molecule has 0 radical (unpaired) electrons. The standard InChI is InChI=1S/C28H48N6O4/c1-3-14-33-15-12-28(22-29,13-16-33)32-25(35)24(21-23-10-8-6-5-7-9-11-23)30-26(31-27(36)38-4-2)34-17-19-37-20-18-34/h23-24H,3-21H2,1-2H3,(H,32,35)(H,30,31,36). The number of guanidine groups is 1. The second-order valence-corrected chi connectivity index (χ2v) is 10.9. The fourth-order valence-electron chi connectivity index (χ4n) is 5.74. The predicted octanol–water partition coefficient (Wildman–Crippen LogP) is 3.42. The maximum atomic E-state index is 13.9. The molecule has 1 unspecified atom stereocenters. The third-order valence-corrected chi connectivity index (χ3v) is 7.99. The summed E-state index contributed by atoms with van der Waals surface area (Å²) in [6, 6.07) is 1.73. The Morgan fingerprint density at radius 2 is 1.74 bits per heavy atom. The molecule has 214 valence electrons. The van der Waals surface area contributed by atoms with Gasteiger partial charge in [0.15, 0.2) is 0 Å². The lowest BCUT2D eigenvalue weighted by Gasteiger charge is -2.38. The third-order valence-electron chi connectivity index (χ3n) is 7.99. The maximum absolute atomic E-state index is 13.9. The number of morpholine rings is 1. The number of ether oxygens (including phenoxy) is 2. The number of amides is 2. The van der Waals surface area contributed by atoms with Crippen molar-refractivity contribution < 1.29 is 19.1 Å². The third kappa shape index (κ3) is 9.42. The van der Waals surface area contributed by atoms with Gasteiger partial charge < -0.3 is 24.6 Å². The Balaban J connectivity index is 1.83. The lowest BCUT2D eigenvalue weighted by atomic mass is 9.85. The van der Waals surface area contributed by atoms with Gasteiger partial charge in [-0.05, 0) is 45.1 Å². The second kappa shape index (κ2) is 15.9. The van der Waals surface area contributed by atoms with Crippen molar-refractivity contribution in [3.63, 3.8) is 0 Å². The first-order chi connectivity index (χ1) is 18.5. The number of carbonyl (C=O) groups excluding carboxylic acids is 2. The summed E-state index contributed by atoms with van der Waals surface area (Å²) < 4.78 is 10.6. The highest BCUT2D eigenvalue weighted by molar-refractivity contribution is 5.96. The molecule has 2 amide bonds. The zero-order valence-electron chi connectivity index (χ0n) is 23.5. The lowest BCUT2D eigenvalue weighted by molar-refractivity contribution is -0.124. The molecule has 10 nitrogen and oxygen atoms in total. The van der Waals surface area contributed by atoms with Gasteiger partial charge in [0.2, 0.25) is 11.9 Å². The maximum Gasteiger partial charge on any atom is 0.413 e. The number of likely N-dealkylation sites (tertiary alicyclic amines) is 1. The van der Waals surface area contributed by atoms with Crippen LogP contribution in [0.1, 0.15) is 84.5 Å². The van der Waals surface area contributed by atoms with E-state index in [2.05, 4.69) is 28.5 Å². The van der Waals surface area contributed by atoms with Gasteiger partial charge in [-0.2, -0.15) is 5.26 Å². The summed E-state index contributed by atoms with van der Waals surface area (Å²) in [4.78, 5) is 35.5. The molecule has 0 aromatic heterocycles. The largest absolute Gasteiger partial charge is 0.450 e. The average Bonchev–Trinajstić information content (AvgIpc) is 2.91. The molecule has 0 aromatic carbocycles. The van der Waals surface area contributed by atoms with E-state index in [4.69, 9.17) is 14.5 Å². The number of aliphatic imine (C=N–C) groups is 1. The van der Waals surface area contributed by atoms with Crippen LogP contribution in [0, 0.1) is 17.2 Å². The molecule has 2 saturated heterocycles. The molecular weight excluding hydrogens is 484 g/mol. The minimum Gasteiger partial charge on any atom is -0.450 e. The summed E-state index contributed by atoms with van der Waals surface area (Å²) in [5.74, 6) is 0.503. The first-order valence-electron chi connectivity index (χ1n) is 14.8. The molecular formula is C28H48N6O4. The van der Waals surface area contributed by atoms with E-state index in [1.54, 1.807) is 6.92 Å². The number of hydrogen-bond acceptors (Lipinski definition) is 7. The van der Waals surface area contributed by atoms with Crippen molar-refractivity contribution in [2.45, 2.75) is 96.1 Å². The van der Waals surface area contributed by atoms with Crippen LogP contribution in [-0.2, 0) is 14.3 Å². The van der Waals surface area contributed by atoms with Crippen molar-refractivity contribution in [2.24, 2.45) is 10.9 Å². The smallest absolute Gasteiger partial charge is 0.413 e. The van der Waals surface area contributed by atoms with Crippen LogP contribution in [0.15, 0.2) is 4.99 Å². The number of nitrogens with one attached hydrogen (secondary N) is 2. The fourth-order valence-corrected chi connectivity index (χ4v) is 5.74. The van der Waals surface area contributed by atoms with E-state index in [1.807, 2.05) is 4.90 Å². The number of piperidine rings is 1. The molecule has 2 N–H and O–H groups in total. The summed E-state index contributed by atoms with van der Waals surface area (Å²) in [6.45, 7) is 8.93. The Morgan fingerprint density at radius 1 is 1.08 bits per heavy atom.